The van der Waals surface area contributed by atoms with Crippen LogP contribution in [0.2, 0.25) is 0 Å². The average molecular weight is 438 g/mol. The van der Waals surface area contributed by atoms with Gasteiger partial charge in [-0.3, -0.25) is 0 Å². The second-order valence-electron chi connectivity index (χ2n) is 6.29. The van der Waals surface area contributed by atoms with Crippen molar-refractivity contribution in [3.8, 4) is 5.88 Å². The van der Waals surface area contributed by atoms with Crippen LogP contribution in [0.3, 0.4) is 0 Å². The highest BCUT2D eigenvalue weighted by atomic mass is 32.2. The highest BCUT2D eigenvalue weighted by Crippen LogP contribution is 2.42. The number of alkyl halides is 4. The summed E-state index contributed by atoms with van der Waals surface area (Å²) in [4.78, 5) is 3.67. The van der Waals surface area contributed by atoms with E-state index >= 15 is 4.39 Å². The number of ether oxygens (including phenoxy) is 2. The number of halogens is 4. The quantitative estimate of drug-likeness (QED) is 0.546. The molecular formula is C16H18F4N4O4S. The summed E-state index contributed by atoms with van der Waals surface area (Å²) in [6.07, 6.45) is -5.72. The van der Waals surface area contributed by atoms with Crippen molar-refractivity contribution in [2.45, 2.75) is 25.1 Å². The van der Waals surface area contributed by atoms with Gasteiger partial charge < -0.3 is 14.8 Å². The van der Waals surface area contributed by atoms with Crippen LogP contribution < -0.4 is 15.2 Å². The Morgan fingerprint density at radius 1 is 1.34 bits per heavy atom. The highest BCUT2D eigenvalue weighted by molar-refractivity contribution is 7.86. The lowest BCUT2D eigenvalue weighted by Gasteiger charge is -2.37. The maximum atomic E-state index is 15.2. The second-order valence-corrected chi connectivity index (χ2v) is 7.79. The van der Waals surface area contributed by atoms with Crippen LogP contribution in [-0.2, 0) is 21.1 Å². The second kappa shape index (κ2) is 7.55. The zero-order valence-electron chi connectivity index (χ0n) is 15.3. The molecule has 13 heteroatoms. The normalized spacial score (nSPS) is 23.3. The third kappa shape index (κ3) is 4.08. The van der Waals surface area contributed by atoms with Gasteiger partial charge in [0.1, 0.15) is 6.23 Å². The number of hydrogen-bond acceptors (Lipinski definition) is 6. The lowest BCUT2D eigenvalue weighted by Crippen LogP contribution is -2.49. The molecule has 0 radical (unpaired) electrons. The molecule has 0 fully saturated rings. The third-order valence-corrected chi connectivity index (χ3v) is 5.59. The molecule has 2 aliphatic heterocycles. The molecule has 3 N–H and O–H groups in total. The molecule has 1 aromatic heterocycles. The van der Waals surface area contributed by atoms with Crippen LogP contribution in [0.4, 0.5) is 17.6 Å². The van der Waals surface area contributed by atoms with E-state index in [9.17, 15) is 21.6 Å². The Bertz CT molecular complexity index is 978. The Kier molecular flexibility index (Phi) is 5.60. The summed E-state index contributed by atoms with van der Waals surface area (Å²) in [5.74, 6) is -0.187. The van der Waals surface area contributed by atoms with Crippen molar-refractivity contribution in [1.29, 1.82) is 0 Å². The van der Waals surface area contributed by atoms with Gasteiger partial charge in [0.15, 0.2) is 6.30 Å². The third-order valence-electron chi connectivity index (χ3n) is 4.57. The van der Waals surface area contributed by atoms with Gasteiger partial charge >= 0.3 is 6.18 Å². The predicted molar refractivity (Wildman–Crippen MR) is 94.1 cm³/mol. The fourth-order valence-electron chi connectivity index (χ4n) is 3.23. The van der Waals surface area contributed by atoms with Crippen molar-refractivity contribution < 1.29 is 35.5 Å². The molecule has 0 bridgehead atoms. The van der Waals surface area contributed by atoms with Gasteiger partial charge in [-0.2, -0.15) is 25.9 Å². The maximum absolute atomic E-state index is 15.2. The summed E-state index contributed by atoms with van der Waals surface area (Å²) < 4.78 is 89.0. The molecule has 0 aromatic carbocycles. The zero-order valence-corrected chi connectivity index (χ0v) is 16.1. The molecule has 3 rings (SSSR count). The maximum Gasteiger partial charge on any atom is 0.417 e. The number of methoxy groups -OCH3 is 2. The van der Waals surface area contributed by atoms with E-state index in [-0.39, 0.29) is 35.6 Å². The van der Waals surface area contributed by atoms with Crippen molar-refractivity contribution in [3.05, 3.63) is 40.7 Å². The molecule has 3 heterocycles. The average Bonchev–Trinajstić information content (AvgIpc) is 2.65. The first-order valence-corrected chi connectivity index (χ1v) is 9.77. The van der Waals surface area contributed by atoms with E-state index in [4.69, 9.17) is 14.6 Å². The van der Waals surface area contributed by atoms with Crippen LogP contribution in [-0.4, -0.2) is 51.0 Å². The minimum Gasteiger partial charge on any atom is -0.481 e. The minimum atomic E-state index is -4.70. The summed E-state index contributed by atoms with van der Waals surface area (Å²) >= 11 is 0. The van der Waals surface area contributed by atoms with Gasteiger partial charge in [-0.25, -0.2) is 14.5 Å². The Labute approximate surface area is 164 Å². The van der Waals surface area contributed by atoms with Crippen molar-refractivity contribution in [2.75, 3.05) is 20.8 Å². The van der Waals surface area contributed by atoms with Crippen molar-refractivity contribution >= 4 is 15.8 Å². The van der Waals surface area contributed by atoms with Crippen LogP contribution in [0.1, 0.15) is 17.5 Å². The SMILES string of the molecule is COc1ncc(C(F)(F)F)cc1C1=CC(OC)NC2=C1C(F)N(S(N)(=O)=O)CC2. The van der Waals surface area contributed by atoms with E-state index in [1.807, 2.05) is 0 Å². The molecule has 0 amide bonds. The van der Waals surface area contributed by atoms with Crippen molar-refractivity contribution in [3.63, 3.8) is 0 Å². The molecule has 0 saturated carbocycles. The number of pyridine rings is 1. The van der Waals surface area contributed by atoms with Crippen molar-refractivity contribution in [1.82, 2.24) is 14.6 Å². The number of nitrogens with two attached hydrogens (primary N) is 1. The summed E-state index contributed by atoms with van der Waals surface area (Å²) in [5, 5.41) is 7.97. The molecule has 8 nitrogen and oxygen atoms in total. The van der Waals surface area contributed by atoms with Crippen LogP contribution in [0.25, 0.3) is 5.57 Å². The number of aromatic nitrogens is 1. The Morgan fingerprint density at radius 3 is 2.59 bits per heavy atom. The van der Waals surface area contributed by atoms with E-state index in [2.05, 4.69) is 10.3 Å². The number of hydrogen-bond donors (Lipinski definition) is 2. The van der Waals surface area contributed by atoms with Crippen LogP contribution >= 0.6 is 0 Å². The summed E-state index contributed by atoms with van der Waals surface area (Å²) in [7, 11) is -1.83. The Morgan fingerprint density at radius 2 is 2.03 bits per heavy atom. The van der Waals surface area contributed by atoms with E-state index in [0.717, 1.165) is 6.07 Å². The highest BCUT2D eigenvalue weighted by Gasteiger charge is 2.41. The van der Waals surface area contributed by atoms with Crippen LogP contribution in [0.5, 0.6) is 5.88 Å². The lowest BCUT2D eigenvalue weighted by atomic mass is 9.89. The first-order valence-electron chi connectivity index (χ1n) is 8.27. The molecule has 2 atom stereocenters. The van der Waals surface area contributed by atoms with Gasteiger partial charge in [0.2, 0.25) is 5.88 Å². The number of rotatable bonds is 4. The standard InChI is InChI=1S/C16H18F4N4O4S/c1-27-12-6-9(10-5-8(16(18,19)20)7-22-15(10)28-2)13-11(23-12)3-4-24(14(13)17)29(21,25)26/h5-7,12,14,23H,3-4H2,1-2H3,(H2,21,25,26). The molecule has 29 heavy (non-hydrogen) atoms. The summed E-state index contributed by atoms with van der Waals surface area (Å²) in [6.45, 7) is -0.243. The van der Waals surface area contributed by atoms with Crippen LogP contribution in [0, 0.1) is 0 Å². The monoisotopic (exact) mass is 438 g/mol. The van der Waals surface area contributed by atoms with Gasteiger partial charge in [0.25, 0.3) is 10.2 Å². The Balaban J connectivity index is 2.20. The van der Waals surface area contributed by atoms with Crippen LogP contribution in [0.15, 0.2) is 29.6 Å². The molecule has 2 unspecified atom stereocenters. The van der Waals surface area contributed by atoms with E-state index < -0.39 is 34.5 Å². The molecule has 0 aliphatic carbocycles. The molecule has 160 valence electrons. The number of nitrogens with one attached hydrogen (secondary N) is 1. The van der Waals surface area contributed by atoms with Gasteiger partial charge in [-0.05, 0) is 17.7 Å². The topological polar surface area (TPSA) is 107 Å². The van der Waals surface area contributed by atoms with E-state index in [1.165, 1.54) is 20.3 Å². The first-order chi connectivity index (χ1) is 13.5. The fraction of sp³-hybridized carbons (Fsp3) is 0.438. The number of dihydropyridines is 1. The molecule has 0 saturated heterocycles. The first kappa shape index (κ1) is 21.5. The van der Waals surface area contributed by atoms with Gasteiger partial charge in [0, 0.05) is 43.1 Å². The molecule has 0 spiro atoms. The Hall–Kier alpha value is -2.22. The van der Waals surface area contributed by atoms with Gasteiger partial charge in [0.05, 0.1) is 12.7 Å². The van der Waals surface area contributed by atoms with E-state index in [1.54, 1.807) is 0 Å². The smallest absolute Gasteiger partial charge is 0.417 e. The van der Waals surface area contributed by atoms with Crippen molar-refractivity contribution in [2.24, 2.45) is 5.14 Å². The minimum absolute atomic E-state index is 0.0260. The predicted octanol–water partition coefficient (Wildman–Crippen LogP) is 1.53. The van der Waals surface area contributed by atoms with Gasteiger partial charge in [-0.1, -0.05) is 0 Å². The summed E-state index contributed by atoms with van der Waals surface area (Å²) in [6, 6.07) is 0.767. The summed E-state index contributed by atoms with van der Waals surface area (Å²) in [5.41, 5.74) is -1.13. The zero-order chi connectivity index (χ0) is 21.6. The largest absolute Gasteiger partial charge is 0.481 e. The van der Waals surface area contributed by atoms with Gasteiger partial charge in [-0.15, -0.1) is 0 Å². The lowest BCUT2D eigenvalue weighted by molar-refractivity contribution is -0.137. The van der Waals surface area contributed by atoms with E-state index in [0.29, 0.717) is 16.2 Å². The molecule has 2 aliphatic rings. The molecule has 1 aromatic rings. The fourth-order valence-corrected chi connectivity index (χ4v) is 3.94. The molecular weight excluding hydrogens is 420 g/mol. The number of nitrogens with zero attached hydrogens (tertiary/aromatic N) is 2.